The van der Waals surface area contributed by atoms with E-state index < -0.39 is 0 Å². The van der Waals surface area contributed by atoms with Crippen LogP contribution in [-0.2, 0) is 16.0 Å². The Morgan fingerprint density at radius 1 is 1.31 bits per heavy atom. The number of rotatable bonds is 5. The number of ether oxygens (including phenoxy) is 2. The van der Waals surface area contributed by atoms with E-state index in [0.717, 1.165) is 17.7 Å². The van der Waals surface area contributed by atoms with E-state index >= 15 is 0 Å². The van der Waals surface area contributed by atoms with Crippen molar-refractivity contribution in [1.82, 2.24) is 0 Å². The second kappa shape index (κ2) is 6.16. The average molecular weight is 222 g/mol. The molecule has 3 heteroatoms. The van der Waals surface area contributed by atoms with Gasteiger partial charge in [0.15, 0.2) is 6.61 Å². The average Bonchev–Trinajstić information content (AvgIpc) is 2.26. The zero-order valence-corrected chi connectivity index (χ0v) is 10.0. The normalized spacial score (nSPS) is 10.2. The van der Waals surface area contributed by atoms with Crippen LogP contribution in [0.15, 0.2) is 24.3 Å². The molecule has 0 atom stereocenters. The zero-order valence-electron chi connectivity index (χ0n) is 10.0. The smallest absolute Gasteiger partial charge is 0.344 e. The Morgan fingerprint density at radius 2 is 2.00 bits per heavy atom. The lowest BCUT2D eigenvalue weighted by molar-refractivity contribution is -0.149. The molecule has 0 aliphatic rings. The molecule has 1 aromatic carbocycles. The van der Waals surface area contributed by atoms with E-state index in [-0.39, 0.29) is 18.7 Å². The number of aryl methyl sites for hydroxylation is 1. The third-order valence-electron chi connectivity index (χ3n) is 2.07. The van der Waals surface area contributed by atoms with Crippen molar-refractivity contribution in [2.24, 2.45) is 0 Å². The van der Waals surface area contributed by atoms with Gasteiger partial charge in [-0.3, -0.25) is 0 Å². The highest BCUT2D eigenvalue weighted by Gasteiger charge is 2.07. The highest BCUT2D eigenvalue weighted by Crippen LogP contribution is 2.18. The van der Waals surface area contributed by atoms with Gasteiger partial charge in [-0.1, -0.05) is 25.1 Å². The minimum atomic E-state index is -0.332. The van der Waals surface area contributed by atoms with E-state index in [9.17, 15) is 4.79 Å². The topological polar surface area (TPSA) is 35.5 Å². The van der Waals surface area contributed by atoms with Crippen LogP contribution in [-0.4, -0.2) is 18.7 Å². The number of para-hydroxylation sites is 1. The molecule has 0 unspecified atom stereocenters. The molecule has 3 nitrogen and oxygen atoms in total. The molecule has 16 heavy (non-hydrogen) atoms. The minimum absolute atomic E-state index is 0.0325. The lowest BCUT2D eigenvalue weighted by Gasteiger charge is -2.11. The van der Waals surface area contributed by atoms with Crippen molar-refractivity contribution >= 4 is 5.97 Å². The summed E-state index contributed by atoms with van der Waals surface area (Å²) in [6, 6.07) is 7.70. The Hall–Kier alpha value is -1.51. The van der Waals surface area contributed by atoms with Crippen LogP contribution in [0.2, 0.25) is 0 Å². The van der Waals surface area contributed by atoms with Gasteiger partial charge in [0.05, 0.1) is 6.10 Å². The van der Waals surface area contributed by atoms with E-state index in [1.807, 2.05) is 38.1 Å². The molecular weight excluding hydrogens is 204 g/mol. The molecule has 0 aromatic heterocycles. The monoisotopic (exact) mass is 222 g/mol. The summed E-state index contributed by atoms with van der Waals surface area (Å²) in [5, 5.41) is 0. The molecule has 0 saturated heterocycles. The summed E-state index contributed by atoms with van der Waals surface area (Å²) < 4.78 is 10.4. The largest absolute Gasteiger partial charge is 0.482 e. The van der Waals surface area contributed by atoms with Crippen LogP contribution < -0.4 is 4.74 Å². The molecule has 0 aliphatic heterocycles. The number of carbonyl (C=O) groups is 1. The Labute approximate surface area is 96.4 Å². The lowest BCUT2D eigenvalue weighted by atomic mass is 10.1. The van der Waals surface area contributed by atoms with Gasteiger partial charge >= 0.3 is 5.97 Å². The molecule has 0 radical (unpaired) electrons. The molecule has 0 bridgehead atoms. The number of benzene rings is 1. The van der Waals surface area contributed by atoms with Crippen molar-refractivity contribution in [2.45, 2.75) is 33.3 Å². The van der Waals surface area contributed by atoms with Crippen LogP contribution in [0.5, 0.6) is 5.75 Å². The van der Waals surface area contributed by atoms with E-state index in [2.05, 4.69) is 6.92 Å². The summed E-state index contributed by atoms with van der Waals surface area (Å²) in [5.74, 6) is 0.423. The van der Waals surface area contributed by atoms with Crippen LogP contribution in [0.25, 0.3) is 0 Å². The first-order valence-electron chi connectivity index (χ1n) is 5.53. The van der Waals surface area contributed by atoms with Crippen LogP contribution in [0.1, 0.15) is 26.3 Å². The fourth-order valence-electron chi connectivity index (χ4n) is 1.37. The zero-order chi connectivity index (χ0) is 12.0. The predicted octanol–water partition coefficient (Wildman–Crippen LogP) is 2.58. The highest BCUT2D eigenvalue weighted by molar-refractivity contribution is 5.71. The Bertz CT molecular complexity index is 345. The lowest BCUT2D eigenvalue weighted by Crippen LogP contribution is -2.19. The number of esters is 1. The van der Waals surface area contributed by atoms with Crippen LogP contribution in [0.4, 0.5) is 0 Å². The molecule has 0 fully saturated rings. The SMILES string of the molecule is CCc1ccccc1OCC(=O)OC(C)C. The van der Waals surface area contributed by atoms with Gasteiger partial charge in [0.1, 0.15) is 5.75 Å². The molecule has 88 valence electrons. The quantitative estimate of drug-likeness (QED) is 0.718. The van der Waals surface area contributed by atoms with Crippen molar-refractivity contribution in [2.75, 3.05) is 6.61 Å². The van der Waals surface area contributed by atoms with Gasteiger partial charge in [-0.25, -0.2) is 4.79 Å². The third-order valence-corrected chi connectivity index (χ3v) is 2.07. The summed E-state index contributed by atoms with van der Waals surface area (Å²) >= 11 is 0. The first kappa shape index (κ1) is 12.6. The number of hydrogen-bond donors (Lipinski definition) is 0. The number of carbonyl (C=O) groups excluding carboxylic acids is 1. The van der Waals surface area contributed by atoms with Gasteiger partial charge in [0.2, 0.25) is 0 Å². The molecule has 0 spiro atoms. The standard InChI is InChI=1S/C13H18O3/c1-4-11-7-5-6-8-12(11)15-9-13(14)16-10(2)3/h5-8,10H,4,9H2,1-3H3. The van der Waals surface area contributed by atoms with Gasteiger partial charge in [-0.2, -0.15) is 0 Å². The molecule has 0 heterocycles. The van der Waals surface area contributed by atoms with E-state index in [0.29, 0.717) is 0 Å². The van der Waals surface area contributed by atoms with Crippen LogP contribution >= 0.6 is 0 Å². The molecule has 1 rings (SSSR count). The van der Waals surface area contributed by atoms with Crippen molar-refractivity contribution in [1.29, 1.82) is 0 Å². The third kappa shape index (κ3) is 3.93. The van der Waals surface area contributed by atoms with Gasteiger partial charge in [0.25, 0.3) is 0 Å². The second-order valence-electron chi connectivity index (χ2n) is 3.79. The molecule has 0 N–H and O–H groups in total. The van der Waals surface area contributed by atoms with Crippen LogP contribution in [0.3, 0.4) is 0 Å². The first-order chi connectivity index (χ1) is 7.63. The summed E-state index contributed by atoms with van der Waals surface area (Å²) in [5.41, 5.74) is 1.10. The minimum Gasteiger partial charge on any atom is -0.482 e. The summed E-state index contributed by atoms with van der Waals surface area (Å²) in [4.78, 5) is 11.3. The maximum atomic E-state index is 11.3. The van der Waals surface area contributed by atoms with Crippen molar-refractivity contribution in [3.05, 3.63) is 29.8 Å². The number of hydrogen-bond acceptors (Lipinski definition) is 3. The van der Waals surface area contributed by atoms with E-state index in [1.54, 1.807) is 0 Å². The predicted molar refractivity (Wildman–Crippen MR) is 62.5 cm³/mol. The van der Waals surface area contributed by atoms with Crippen molar-refractivity contribution < 1.29 is 14.3 Å². The summed E-state index contributed by atoms with van der Waals surface area (Å²) in [6.07, 6.45) is 0.785. The van der Waals surface area contributed by atoms with Crippen molar-refractivity contribution in [3.8, 4) is 5.75 Å². The molecule has 0 saturated carbocycles. The fraction of sp³-hybridized carbons (Fsp3) is 0.462. The van der Waals surface area contributed by atoms with Gasteiger partial charge in [-0.05, 0) is 31.9 Å². The second-order valence-corrected chi connectivity index (χ2v) is 3.79. The highest BCUT2D eigenvalue weighted by atomic mass is 16.6. The van der Waals surface area contributed by atoms with Crippen molar-refractivity contribution in [3.63, 3.8) is 0 Å². The molecule has 0 amide bonds. The Morgan fingerprint density at radius 3 is 2.62 bits per heavy atom. The first-order valence-corrected chi connectivity index (χ1v) is 5.53. The summed E-state index contributed by atoms with van der Waals surface area (Å²) in [7, 11) is 0. The van der Waals surface area contributed by atoms with Crippen LogP contribution in [0, 0.1) is 0 Å². The van der Waals surface area contributed by atoms with Gasteiger partial charge in [-0.15, -0.1) is 0 Å². The van der Waals surface area contributed by atoms with E-state index in [1.165, 1.54) is 0 Å². The molecule has 0 aliphatic carbocycles. The Balaban J connectivity index is 2.51. The molecule has 1 aromatic rings. The Kier molecular flexibility index (Phi) is 4.83. The van der Waals surface area contributed by atoms with Gasteiger partial charge in [0, 0.05) is 0 Å². The maximum Gasteiger partial charge on any atom is 0.344 e. The fourth-order valence-corrected chi connectivity index (χ4v) is 1.37. The summed E-state index contributed by atoms with van der Waals surface area (Å²) in [6.45, 7) is 5.65. The van der Waals surface area contributed by atoms with Gasteiger partial charge < -0.3 is 9.47 Å². The maximum absolute atomic E-state index is 11.3. The van der Waals surface area contributed by atoms with E-state index in [4.69, 9.17) is 9.47 Å². The molecular formula is C13H18O3.